The number of aliphatic hydroxyl groups excluding tert-OH is 1. The first kappa shape index (κ1) is 12.2. The normalized spacial score (nSPS) is 13.8. The van der Waals surface area contributed by atoms with Gasteiger partial charge in [0.05, 0.1) is 24.3 Å². The molecule has 3 nitrogen and oxygen atoms in total. The van der Waals surface area contributed by atoms with Crippen LogP contribution in [-0.4, -0.2) is 14.7 Å². The summed E-state index contributed by atoms with van der Waals surface area (Å²) in [6, 6.07) is 0.353. The summed E-state index contributed by atoms with van der Waals surface area (Å²) < 4.78 is 2.04. The fraction of sp³-hybridized carbons (Fsp3) is 0.750. The van der Waals surface area contributed by atoms with Crippen LogP contribution in [0.4, 0.5) is 0 Å². The molecule has 0 saturated heterocycles. The SMILES string of the molecule is CCC(CC)C(O)c1cncn1C(C)C. The second-order valence-corrected chi connectivity index (χ2v) is 4.34. The van der Waals surface area contributed by atoms with E-state index in [-0.39, 0.29) is 6.10 Å². The fourth-order valence-corrected chi connectivity index (χ4v) is 1.95. The van der Waals surface area contributed by atoms with Crippen molar-refractivity contribution in [3.05, 3.63) is 18.2 Å². The molecule has 0 aromatic carbocycles. The highest BCUT2D eigenvalue weighted by molar-refractivity contribution is 5.05. The Kier molecular flexibility index (Phi) is 4.33. The standard InChI is InChI=1S/C12H22N2O/c1-5-10(6-2)12(15)11-7-13-8-14(11)9(3)4/h7-10,12,15H,5-6H2,1-4H3. The van der Waals surface area contributed by atoms with Crippen molar-refractivity contribution >= 4 is 0 Å². The Balaban J connectivity index is 2.89. The van der Waals surface area contributed by atoms with Crippen molar-refractivity contribution in [3.63, 3.8) is 0 Å². The minimum atomic E-state index is -0.384. The Morgan fingerprint density at radius 2 is 1.93 bits per heavy atom. The molecule has 0 amide bonds. The van der Waals surface area contributed by atoms with Crippen molar-refractivity contribution in [1.29, 1.82) is 0 Å². The summed E-state index contributed by atoms with van der Waals surface area (Å²) in [5, 5.41) is 10.2. The van der Waals surface area contributed by atoms with Crippen LogP contribution in [0.25, 0.3) is 0 Å². The topological polar surface area (TPSA) is 38.1 Å². The highest BCUT2D eigenvalue weighted by atomic mass is 16.3. The minimum Gasteiger partial charge on any atom is -0.387 e. The first-order chi connectivity index (χ1) is 7.11. The van der Waals surface area contributed by atoms with Gasteiger partial charge in [0.15, 0.2) is 0 Å². The van der Waals surface area contributed by atoms with Crippen LogP contribution in [0.3, 0.4) is 0 Å². The molecule has 1 atom stereocenters. The average Bonchev–Trinajstić information content (AvgIpc) is 2.67. The smallest absolute Gasteiger partial charge is 0.0983 e. The van der Waals surface area contributed by atoms with E-state index in [1.165, 1.54) is 0 Å². The van der Waals surface area contributed by atoms with Gasteiger partial charge in [0.1, 0.15) is 0 Å². The van der Waals surface area contributed by atoms with Gasteiger partial charge in [-0.25, -0.2) is 4.98 Å². The van der Waals surface area contributed by atoms with Crippen LogP contribution >= 0.6 is 0 Å². The van der Waals surface area contributed by atoms with E-state index >= 15 is 0 Å². The van der Waals surface area contributed by atoms with Crippen LogP contribution in [-0.2, 0) is 0 Å². The summed E-state index contributed by atoms with van der Waals surface area (Å²) in [6.45, 7) is 8.44. The largest absolute Gasteiger partial charge is 0.387 e. The van der Waals surface area contributed by atoms with Gasteiger partial charge in [0.2, 0.25) is 0 Å². The lowest BCUT2D eigenvalue weighted by molar-refractivity contribution is 0.0943. The molecule has 1 aromatic heterocycles. The number of hydrogen-bond acceptors (Lipinski definition) is 2. The van der Waals surface area contributed by atoms with Crippen molar-refractivity contribution in [2.24, 2.45) is 5.92 Å². The molecule has 3 heteroatoms. The van der Waals surface area contributed by atoms with E-state index in [2.05, 4.69) is 32.7 Å². The first-order valence-electron chi connectivity index (χ1n) is 5.81. The molecule has 1 unspecified atom stereocenters. The maximum Gasteiger partial charge on any atom is 0.0983 e. The van der Waals surface area contributed by atoms with Gasteiger partial charge < -0.3 is 9.67 Å². The molecule has 0 fully saturated rings. The molecule has 1 heterocycles. The molecule has 0 aliphatic heterocycles. The first-order valence-corrected chi connectivity index (χ1v) is 5.81. The number of imidazole rings is 1. The highest BCUT2D eigenvalue weighted by Crippen LogP contribution is 2.28. The van der Waals surface area contributed by atoms with Crippen molar-refractivity contribution in [2.45, 2.75) is 52.7 Å². The zero-order valence-electron chi connectivity index (χ0n) is 10.1. The second kappa shape index (κ2) is 5.31. The number of aromatic nitrogens is 2. The molecule has 0 bridgehead atoms. The van der Waals surface area contributed by atoms with Crippen LogP contribution in [0.5, 0.6) is 0 Å². The predicted molar refractivity (Wildman–Crippen MR) is 61.6 cm³/mol. The number of nitrogens with zero attached hydrogens (tertiary/aromatic N) is 2. The molecule has 0 radical (unpaired) electrons. The molecule has 0 aliphatic rings. The lowest BCUT2D eigenvalue weighted by Crippen LogP contribution is -2.16. The molecule has 1 aromatic rings. The van der Waals surface area contributed by atoms with E-state index in [0.29, 0.717) is 12.0 Å². The van der Waals surface area contributed by atoms with E-state index in [1.807, 2.05) is 4.57 Å². The van der Waals surface area contributed by atoms with Crippen LogP contribution in [0.15, 0.2) is 12.5 Å². The third-order valence-corrected chi connectivity index (χ3v) is 3.05. The molecular formula is C12H22N2O. The third kappa shape index (κ3) is 2.59. The van der Waals surface area contributed by atoms with Crippen LogP contribution in [0, 0.1) is 5.92 Å². The quantitative estimate of drug-likeness (QED) is 0.811. The van der Waals surface area contributed by atoms with E-state index in [1.54, 1.807) is 12.5 Å². The summed E-state index contributed by atoms with van der Waals surface area (Å²) in [5.41, 5.74) is 0.943. The van der Waals surface area contributed by atoms with E-state index in [0.717, 1.165) is 18.5 Å². The van der Waals surface area contributed by atoms with Crippen molar-refractivity contribution < 1.29 is 5.11 Å². The number of rotatable bonds is 5. The van der Waals surface area contributed by atoms with E-state index in [4.69, 9.17) is 0 Å². The summed E-state index contributed by atoms with van der Waals surface area (Å²) in [6.07, 6.45) is 5.20. The zero-order chi connectivity index (χ0) is 11.4. The molecule has 0 aliphatic carbocycles. The Morgan fingerprint density at radius 1 is 1.33 bits per heavy atom. The lowest BCUT2D eigenvalue weighted by Gasteiger charge is -2.22. The van der Waals surface area contributed by atoms with Crippen LogP contribution in [0.2, 0.25) is 0 Å². The molecule has 1 N–H and O–H groups in total. The summed E-state index contributed by atoms with van der Waals surface area (Å²) in [5.74, 6) is 0.333. The Hall–Kier alpha value is -0.830. The molecule has 15 heavy (non-hydrogen) atoms. The molecule has 0 saturated carbocycles. The van der Waals surface area contributed by atoms with Gasteiger partial charge in [-0.05, 0) is 19.8 Å². The highest BCUT2D eigenvalue weighted by Gasteiger charge is 2.21. The zero-order valence-corrected chi connectivity index (χ0v) is 10.1. The fourth-order valence-electron chi connectivity index (χ4n) is 1.95. The average molecular weight is 210 g/mol. The van der Waals surface area contributed by atoms with Crippen molar-refractivity contribution in [1.82, 2.24) is 9.55 Å². The third-order valence-electron chi connectivity index (χ3n) is 3.05. The molecule has 86 valence electrons. The van der Waals surface area contributed by atoms with Gasteiger partial charge in [-0.1, -0.05) is 26.7 Å². The van der Waals surface area contributed by atoms with E-state index < -0.39 is 0 Å². The Labute approximate surface area is 92.1 Å². The molecule has 1 rings (SSSR count). The lowest BCUT2D eigenvalue weighted by atomic mass is 9.94. The van der Waals surface area contributed by atoms with Gasteiger partial charge >= 0.3 is 0 Å². The van der Waals surface area contributed by atoms with Gasteiger partial charge in [-0.3, -0.25) is 0 Å². The van der Waals surface area contributed by atoms with Gasteiger partial charge in [-0.15, -0.1) is 0 Å². The molecule has 0 spiro atoms. The maximum atomic E-state index is 10.2. The predicted octanol–water partition coefficient (Wildman–Crippen LogP) is 2.93. The summed E-state index contributed by atoms with van der Waals surface area (Å²) in [4.78, 5) is 4.12. The Bertz CT molecular complexity index is 290. The minimum absolute atomic E-state index is 0.333. The van der Waals surface area contributed by atoms with Crippen LogP contribution < -0.4 is 0 Å². The maximum absolute atomic E-state index is 10.2. The number of aliphatic hydroxyl groups is 1. The van der Waals surface area contributed by atoms with Gasteiger partial charge in [0, 0.05) is 6.04 Å². The van der Waals surface area contributed by atoms with Crippen LogP contribution in [0.1, 0.15) is 58.4 Å². The van der Waals surface area contributed by atoms with E-state index in [9.17, 15) is 5.11 Å². The van der Waals surface area contributed by atoms with Gasteiger partial charge in [0.25, 0.3) is 0 Å². The summed E-state index contributed by atoms with van der Waals surface area (Å²) in [7, 11) is 0. The number of hydrogen-bond donors (Lipinski definition) is 1. The van der Waals surface area contributed by atoms with Crippen molar-refractivity contribution in [3.8, 4) is 0 Å². The second-order valence-electron chi connectivity index (χ2n) is 4.34. The van der Waals surface area contributed by atoms with Gasteiger partial charge in [-0.2, -0.15) is 0 Å². The Morgan fingerprint density at radius 3 is 2.40 bits per heavy atom. The monoisotopic (exact) mass is 210 g/mol. The summed E-state index contributed by atoms with van der Waals surface area (Å²) >= 11 is 0. The molecular weight excluding hydrogens is 188 g/mol. The van der Waals surface area contributed by atoms with Crippen molar-refractivity contribution in [2.75, 3.05) is 0 Å².